The fourth-order valence-electron chi connectivity index (χ4n) is 1.38. The van der Waals surface area contributed by atoms with Crippen LogP contribution in [0.3, 0.4) is 0 Å². The molecule has 0 spiro atoms. The monoisotopic (exact) mass is 213 g/mol. The van der Waals surface area contributed by atoms with Gasteiger partial charge in [0.25, 0.3) is 0 Å². The molecular weight excluding hydrogens is 206 g/mol. The van der Waals surface area contributed by atoms with Crippen molar-refractivity contribution >= 4 is 23.3 Å². The Hall–Kier alpha value is -1.42. The molecule has 4 nitrogen and oxygen atoms in total. The number of aromatic carboxylic acids is 1. The Morgan fingerprint density at radius 2 is 2.36 bits per heavy atom. The summed E-state index contributed by atoms with van der Waals surface area (Å²) in [5.41, 5.74) is 0.653. The van der Waals surface area contributed by atoms with Gasteiger partial charge in [-0.1, -0.05) is 11.6 Å². The van der Waals surface area contributed by atoms with E-state index in [-0.39, 0.29) is 5.56 Å². The van der Waals surface area contributed by atoms with Crippen LogP contribution in [0.15, 0.2) is 12.1 Å². The van der Waals surface area contributed by atoms with Gasteiger partial charge in [-0.25, -0.2) is 4.79 Å². The van der Waals surface area contributed by atoms with E-state index < -0.39 is 5.97 Å². The van der Waals surface area contributed by atoms with Gasteiger partial charge in [0.05, 0.1) is 16.3 Å². The number of ether oxygens (including phenoxy) is 1. The summed E-state index contributed by atoms with van der Waals surface area (Å²) in [5, 5.41) is 12.3. The van der Waals surface area contributed by atoms with Crippen LogP contribution in [0.4, 0.5) is 5.69 Å². The minimum absolute atomic E-state index is 0.184. The van der Waals surface area contributed by atoms with Crippen molar-refractivity contribution in [1.29, 1.82) is 0 Å². The molecule has 0 fully saturated rings. The first-order valence-corrected chi connectivity index (χ1v) is 4.50. The van der Waals surface area contributed by atoms with Crippen LogP contribution in [0, 0.1) is 0 Å². The van der Waals surface area contributed by atoms with Crippen LogP contribution in [0.25, 0.3) is 0 Å². The molecule has 0 unspecified atom stereocenters. The van der Waals surface area contributed by atoms with Crippen molar-refractivity contribution in [3.05, 3.63) is 22.7 Å². The fourth-order valence-corrected chi connectivity index (χ4v) is 1.59. The summed E-state index contributed by atoms with van der Waals surface area (Å²) >= 11 is 5.86. The summed E-state index contributed by atoms with van der Waals surface area (Å²) in [6, 6.07) is 2.99. The van der Waals surface area contributed by atoms with Gasteiger partial charge in [0.15, 0.2) is 5.75 Å². The highest BCUT2D eigenvalue weighted by molar-refractivity contribution is 6.32. The zero-order valence-corrected chi connectivity index (χ0v) is 7.97. The van der Waals surface area contributed by atoms with E-state index in [2.05, 4.69) is 5.32 Å². The Bertz CT molecular complexity index is 392. The third kappa shape index (κ3) is 1.37. The third-order valence-corrected chi connectivity index (χ3v) is 2.29. The molecule has 74 valence electrons. The van der Waals surface area contributed by atoms with Crippen molar-refractivity contribution in [2.24, 2.45) is 0 Å². The number of nitrogens with one attached hydrogen (secondary N) is 1. The summed E-state index contributed by atoms with van der Waals surface area (Å²) in [6.07, 6.45) is 0. The number of carboxylic acid groups (broad SMARTS) is 1. The lowest BCUT2D eigenvalue weighted by molar-refractivity contribution is 0.0697. The van der Waals surface area contributed by atoms with Gasteiger partial charge in [0, 0.05) is 6.54 Å². The number of carboxylic acids is 1. The summed E-state index contributed by atoms with van der Waals surface area (Å²) < 4.78 is 5.29. The first kappa shape index (κ1) is 9.15. The summed E-state index contributed by atoms with van der Waals surface area (Å²) in [7, 11) is 0. The second kappa shape index (κ2) is 3.38. The van der Waals surface area contributed by atoms with E-state index in [4.69, 9.17) is 21.4 Å². The SMILES string of the molecule is O=C(O)c1ccc(Cl)c2c1NCCO2. The van der Waals surface area contributed by atoms with Gasteiger partial charge in [0.1, 0.15) is 6.61 Å². The Balaban J connectivity index is 2.59. The van der Waals surface area contributed by atoms with Gasteiger partial charge < -0.3 is 15.2 Å². The third-order valence-electron chi connectivity index (χ3n) is 1.99. The van der Waals surface area contributed by atoms with Crippen molar-refractivity contribution in [3.63, 3.8) is 0 Å². The number of hydrogen-bond donors (Lipinski definition) is 2. The average Bonchev–Trinajstić information content (AvgIpc) is 2.18. The zero-order valence-electron chi connectivity index (χ0n) is 7.21. The smallest absolute Gasteiger partial charge is 0.337 e. The van der Waals surface area contributed by atoms with Crippen LogP contribution in [0.2, 0.25) is 5.02 Å². The lowest BCUT2D eigenvalue weighted by Crippen LogP contribution is -2.20. The molecule has 1 aromatic rings. The molecule has 0 amide bonds. The first-order chi connectivity index (χ1) is 6.70. The maximum Gasteiger partial charge on any atom is 0.337 e. The van der Waals surface area contributed by atoms with Gasteiger partial charge in [-0.15, -0.1) is 0 Å². The van der Waals surface area contributed by atoms with Gasteiger partial charge in [0.2, 0.25) is 0 Å². The molecule has 0 aromatic heterocycles. The number of rotatable bonds is 1. The van der Waals surface area contributed by atoms with Crippen LogP contribution < -0.4 is 10.1 Å². The van der Waals surface area contributed by atoms with Crippen LogP contribution in [0.1, 0.15) is 10.4 Å². The molecule has 0 saturated heterocycles. The minimum Gasteiger partial charge on any atom is -0.488 e. The summed E-state index contributed by atoms with van der Waals surface area (Å²) in [5.74, 6) is -0.561. The molecule has 0 radical (unpaired) electrons. The first-order valence-electron chi connectivity index (χ1n) is 4.12. The molecule has 0 bridgehead atoms. The number of hydrogen-bond acceptors (Lipinski definition) is 3. The Kier molecular flexibility index (Phi) is 2.21. The Morgan fingerprint density at radius 3 is 3.07 bits per heavy atom. The minimum atomic E-state index is -0.990. The largest absolute Gasteiger partial charge is 0.488 e. The van der Waals surface area contributed by atoms with E-state index in [1.807, 2.05) is 0 Å². The lowest BCUT2D eigenvalue weighted by atomic mass is 10.1. The van der Waals surface area contributed by atoms with Crippen molar-refractivity contribution in [2.75, 3.05) is 18.5 Å². The van der Waals surface area contributed by atoms with E-state index in [0.717, 1.165) is 0 Å². The second-order valence-corrected chi connectivity index (χ2v) is 3.29. The standard InChI is InChI=1S/C9H8ClNO3/c10-6-2-1-5(9(12)13)7-8(6)14-4-3-11-7/h1-2,11H,3-4H2,(H,12,13). The fraction of sp³-hybridized carbons (Fsp3) is 0.222. The number of carbonyl (C=O) groups is 1. The molecule has 1 aliphatic heterocycles. The van der Waals surface area contributed by atoms with E-state index in [1.54, 1.807) is 0 Å². The zero-order chi connectivity index (χ0) is 10.1. The number of anilines is 1. The normalized spacial score (nSPS) is 13.8. The highest BCUT2D eigenvalue weighted by atomic mass is 35.5. The molecular formula is C9H8ClNO3. The topological polar surface area (TPSA) is 58.6 Å². The molecule has 1 aromatic carbocycles. The van der Waals surface area contributed by atoms with E-state index >= 15 is 0 Å². The van der Waals surface area contributed by atoms with Gasteiger partial charge >= 0.3 is 5.97 Å². The van der Waals surface area contributed by atoms with Crippen LogP contribution >= 0.6 is 11.6 Å². The highest BCUT2D eigenvalue weighted by Gasteiger charge is 2.20. The van der Waals surface area contributed by atoms with Gasteiger partial charge in [-0.05, 0) is 12.1 Å². The van der Waals surface area contributed by atoms with Gasteiger partial charge in [-0.3, -0.25) is 0 Å². The van der Waals surface area contributed by atoms with Crippen molar-refractivity contribution in [2.45, 2.75) is 0 Å². The van der Waals surface area contributed by atoms with Crippen molar-refractivity contribution in [3.8, 4) is 5.75 Å². The molecule has 2 rings (SSSR count). The molecule has 0 saturated carbocycles. The molecule has 5 heteroatoms. The Morgan fingerprint density at radius 1 is 1.57 bits per heavy atom. The van der Waals surface area contributed by atoms with Gasteiger partial charge in [-0.2, -0.15) is 0 Å². The predicted octanol–water partition coefficient (Wildman–Crippen LogP) is 1.84. The quantitative estimate of drug-likeness (QED) is 0.748. The second-order valence-electron chi connectivity index (χ2n) is 2.88. The lowest BCUT2D eigenvalue weighted by Gasteiger charge is -2.21. The molecule has 1 heterocycles. The molecule has 0 aliphatic carbocycles. The maximum absolute atomic E-state index is 10.8. The molecule has 14 heavy (non-hydrogen) atoms. The summed E-state index contributed by atoms with van der Waals surface area (Å²) in [4.78, 5) is 10.8. The van der Waals surface area contributed by atoms with Crippen molar-refractivity contribution in [1.82, 2.24) is 0 Å². The van der Waals surface area contributed by atoms with Crippen LogP contribution in [-0.2, 0) is 0 Å². The number of benzene rings is 1. The van der Waals surface area contributed by atoms with Crippen LogP contribution in [-0.4, -0.2) is 24.2 Å². The van der Waals surface area contributed by atoms with Crippen molar-refractivity contribution < 1.29 is 14.6 Å². The highest BCUT2D eigenvalue weighted by Crippen LogP contribution is 2.37. The number of fused-ring (bicyclic) bond motifs is 1. The van der Waals surface area contributed by atoms with E-state index in [1.165, 1.54) is 12.1 Å². The molecule has 2 N–H and O–H groups in total. The van der Waals surface area contributed by atoms with Crippen LogP contribution in [0.5, 0.6) is 5.75 Å². The molecule has 1 aliphatic rings. The average molecular weight is 214 g/mol. The number of halogens is 1. The summed E-state index contributed by atoms with van der Waals surface area (Å²) in [6.45, 7) is 1.09. The molecule has 0 atom stereocenters. The Labute approximate surface area is 85.4 Å². The van der Waals surface area contributed by atoms with E-state index in [0.29, 0.717) is 29.6 Å². The maximum atomic E-state index is 10.8. The van der Waals surface area contributed by atoms with E-state index in [9.17, 15) is 4.79 Å². The predicted molar refractivity (Wildman–Crippen MR) is 52.4 cm³/mol.